The molecule has 16 heavy (non-hydrogen) atoms. The molecule has 0 saturated heterocycles. The summed E-state index contributed by atoms with van der Waals surface area (Å²) in [7, 11) is 0. The molecule has 0 radical (unpaired) electrons. The van der Waals surface area contributed by atoms with E-state index in [1.807, 2.05) is 19.1 Å². The van der Waals surface area contributed by atoms with E-state index in [0.717, 1.165) is 17.5 Å². The standard InChI is InChI=1S/C13H16ClNO/c1-5-11-6-7-12(14)13(8(11)2)9(3)15-10(4)16/h6-7H,3,5H2,1-2,4H3,(H,15,16). The Hall–Kier alpha value is -1.28. The van der Waals surface area contributed by atoms with Crippen molar-refractivity contribution in [2.75, 3.05) is 0 Å². The van der Waals surface area contributed by atoms with E-state index < -0.39 is 0 Å². The molecule has 3 heteroatoms. The van der Waals surface area contributed by atoms with E-state index in [2.05, 4.69) is 18.8 Å². The van der Waals surface area contributed by atoms with Crippen LogP contribution in [0.1, 0.15) is 30.5 Å². The third kappa shape index (κ3) is 2.64. The Morgan fingerprint density at radius 1 is 1.50 bits per heavy atom. The van der Waals surface area contributed by atoms with Crippen molar-refractivity contribution >= 4 is 23.2 Å². The fourth-order valence-electron chi connectivity index (χ4n) is 1.75. The van der Waals surface area contributed by atoms with Crippen LogP contribution in [0.25, 0.3) is 5.70 Å². The first-order chi connectivity index (χ1) is 7.47. The summed E-state index contributed by atoms with van der Waals surface area (Å²) < 4.78 is 0. The lowest BCUT2D eigenvalue weighted by atomic mass is 9.99. The summed E-state index contributed by atoms with van der Waals surface area (Å²) in [4.78, 5) is 11.0. The Morgan fingerprint density at radius 2 is 2.12 bits per heavy atom. The molecule has 0 aliphatic heterocycles. The van der Waals surface area contributed by atoms with Crippen LogP contribution in [-0.2, 0) is 11.2 Å². The maximum atomic E-state index is 11.0. The van der Waals surface area contributed by atoms with Gasteiger partial charge in [-0.2, -0.15) is 0 Å². The molecule has 1 rings (SSSR count). The second-order valence-corrected chi connectivity index (χ2v) is 4.13. The quantitative estimate of drug-likeness (QED) is 0.859. The van der Waals surface area contributed by atoms with Gasteiger partial charge in [-0.15, -0.1) is 0 Å². The minimum Gasteiger partial charge on any atom is -0.326 e. The van der Waals surface area contributed by atoms with Crippen LogP contribution >= 0.6 is 11.6 Å². The van der Waals surface area contributed by atoms with Crippen molar-refractivity contribution in [1.29, 1.82) is 0 Å². The molecule has 2 nitrogen and oxygen atoms in total. The highest BCUT2D eigenvalue weighted by Crippen LogP contribution is 2.27. The monoisotopic (exact) mass is 237 g/mol. The Morgan fingerprint density at radius 3 is 2.62 bits per heavy atom. The van der Waals surface area contributed by atoms with Crippen LogP contribution in [0.2, 0.25) is 5.02 Å². The van der Waals surface area contributed by atoms with Crippen LogP contribution < -0.4 is 5.32 Å². The molecule has 0 fully saturated rings. The lowest BCUT2D eigenvalue weighted by molar-refractivity contribution is -0.117. The van der Waals surface area contributed by atoms with Crippen molar-refractivity contribution in [2.45, 2.75) is 27.2 Å². The molecule has 0 unspecified atom stereocenters. The largest absolute Gasteiger partial charge is 0.326 e. The van der Waals surface area contributed by atoms with Crippen LogP contribution in [0, 0.1) is 6.92 Å². The summed E-state index contributed by atoms with van der Waals surface area (Å²) >= 11 is 6.12. The van der Waals surface area contributed by atoms with Gasteiger partial charge in [0.2, 0.25) is 5.91 Å². The molecule has 1 N–H and O–H groups in total. The first kappa shape index (κ1) is 12.8. The molecule has 0 heterocycles. The van der Waals surface area contributed by atoms with Gasteiger partial charge in [-0.3, -0.25) is 4.79 Å². The second kappa shape index (κ2) is 5.17. The van der Waals surface area contributed by atoms with E-state index in [4.69, 9.17) is 11.6 Å². The molecule has 0 bridgehead atoms. The van der Waals surface area contributed by atoms with E-state index in [-0.39, 0.29) is 5.91 Å². The van der Waals surface area contributed by atoms with E-state index in [1.54, 1.807) is 0 Å². The topological polar surface area (TPSA) is 29.1 Å². The minimum atomic E-state index is -0.137. The van der Waals surface area contributed by atoms with Crippen molar-refractivity contribution in [2.24, 2.45) is 0 Å². The Bertz CT molecular complexity index is 438. The van der Waals surface area contributed by atoms with E-state index in [0.29, 0.717) is 10.7 Å². The summed E-state index contributed by atoms with van der Waals surface area (Å²) in [6.45, 7) is 9.38. The number of nitrogens with one attached hydrogen (secondary N) is 1. The number of benzene rings is 1. The van der Waals surface area contributed by atoms with Crippen molar-refractivity contribution in [3.8, 4) is 0 Å². The molecule has 1 aromatic rings. The lowest BCUT2D eigenvalue weighted by Gasteiger charge is -2.14. The number of halogens is 1. The number of rotatable bonds is 3. The van der Waals surface area contributed by atoms with Gasteiger partial charge in [-0.25, -0.2) is 0 Å². The van der Waals surface area contributed by atoms with E-state index >= 15 is 0 Å². The van der Waals surface area contributed by atoms with Gasteiger partial charge in [0, 0.05) is 18.2 Å². The molecular weight excluding hydrogens is 222 g/mol. The van der Waals surface area contributed by atoms with Crippen LogP contribution in [-0.4, -0.2) is 5.91 Å². The highest BCUT2D eigenvalue weighted by molar-refractivity contribution is 6.32. The van der Waals surface area contributed by atoms with Gasteiger partial charge >= 0.3 is 0 Å². The van der Waals surface area contributed by atoms with Gasteiger partial charge in [0.05, 0.1) is 5.02 Å². The Kier molecular flexibility index (Phi) is 4.13. The SMILES string of the molecule is C=C(NC(C)=O)c1c(Cl)ccc(CC)c1C. The van der Waals surface area contributed by atoms with Crippen molar-refractivity contribution in [3.63, 3.8) is 0 Å². The molecule has 1 amide bonds. The van der Waals surface area contributed by atoms with Crippen LogP contribution in [0.4, 0.5) is 0 Å². The number of hydrogen-bond donors (Lipinski definition) is 1. The Labute approximate surface area is 101 Å². The second-order valence-electron chi connectivity index (χ2n) is 3.72. The maximum absolute atomic E-state index is 11.0. The summed E-state index contributed by atoms with van der Waals surface area (Å²) in [6, 6.07) is 3.85. The van der Waals surface area contributed by atoms with Crippen molar-refractivity contribution in [1.82, 2.24) is 5.32 Å². The average Bonchev–Trinajstić information content (AvgIpc) is 2.16. The van der Waals surface area contributed by atoms with Gasteiger partial charge in [-0.1, -0.05) is 31.2 Å². The van der Waals surface area contributed by atoms with Crippen LogP contribution in [0.5, 0.6) is 0 Å². The number of carbonyl (C=O) groups is 1. The fourth-order valence-corrected chi connectivity index (χ4v) is 2.07. The minimum absolute atomic E-state index is 0.137. The highest BCUT2D eigenvalue weighted by Gasteiger charge is 2.11. The third-order valence-electron chi connectivity index (χ3n) is 2.54. The predicted molar refractivity (Wildman–Crippen MR) is 68.4 cm³/mol. The van der Waals surface area contributed by atoms with Gasteiger partial charge in [0.25, 0.3) is 0 Å². The summed E-state index contributed by atoms with van der Waals surface area (Å²) in [5, 5.41) is 3.29. The van der Waals surface area contributed by atoms with Gasteiger partial charge in [-0.05, 0) is 30.5 Å². The van der Waals surface area contributed by atoms with E-state index in [1.165, 1.54) is 12.5 Å². The molecule has 0 saturated carbocycles. The van der Waals surface area contributed by atoms with Crippen LogP contribution in [0.3, 0.4) is 0 Å². The molecule has 0 atom stereocenters. The Balaban J connectivity index is 3.21. The number of aryl methyl sites for hydroxylation is 1. The summed E-state index contributed by atoms with van der Waals surface area (Å²) in [5.74, 6) is -0.137. The first-order valence-corrected chi connectivity index (χ1v) is 5.60. The molecule has 0 spiro atoms. The van der Waals surface area contributed by atoms with Gasteiger partial charge in [0.15, 0.2) is 0 Å². The summed E-state index contributed by atoms with van der Waals surface area (Å²) in [6.07, 6.45) is 0.934. The molecule has 0 aliphatic carbocycles. The van der Waals surface area contributed by atoms with E-state index in [9.17, 15) is 4.79 Å². The van der Waals surface area contributed by atoms with Crippen LogP contribution in [0.15, 0.2) is 18.7 Å². The zero-order chi connectivity index (χ0) is 12.3. The first-order valence-electron chi connectivity index (χ1n) is 5.22. The molecular formula is C13H16ClNO. The van der Waals surface area contributed by atoms with Gasteiger partial charge in [0.1, 0.15) is 0 Å². The van der Waals surface area contributed by atoms with Gasteiger partial charge < -0.3 is 5.32 Å². The zero-order valence-electron chi connectivity index (χ0n) is 9.86. The highest BCUT2D eigenvalue weighted by atomic mass is 35.5. The predicted octanol–water partition coefficient (Wildman–Crippen LogP) is 3.32. The van der Waals surface area contributed by atoms with Crippen molar-refractivity contribution < 1.29 is 4.79 Å². The normalized spacial score (nSPS) is 10.0. The molecule has 0 aliphatic rings. The number of amides is 1. The molecule has 1 aromatic carbocycles. The lowest BCUT2D eigenvalue weighted by Crippen LogP contribution is -2.18. The number of hydrogen-bond acceptors (Lipinski definition) is 1. The number of carbonyl (C=O) groups excluding carboxylic acids is 1. The smallest absolute Gasteiger partial charge is 0.221 e. The average molecular weight is 238 g/mol. The fraction of sp³-hybridized carbons (Fsp3) is 0.308. The molecule has 0 aromatic heterocycles. The summed E-state index contributed by atoms with van der Waals surface area (Å²) in [5.41, 5.74) is 3.68. The molecule has 86 valence electrons. The maximum Gasteiger partial charge on any atom is 0.221 e. The zero-order valence-corrected chi connectivity index (χ0v) is 10.6. The third-order valence-corrected chi connectivity index (χ3v) is 2.85. The van der Waals surface area contributed by atoms with Crippen molar-refractivity contribution in [3.05, 3.63) is 40.4 Å².